The minimum absolute atomic E-state index is 0.0689. The van der Waals surface area contributed by atoms with Crippen molar-refractivity contribution in [3.63, 3.8) is 0 Å². The zero-order valence-electron chi connectivity index (χ0n) is 18.8. The van der Waals surface area contributed by atoms with Crippen molar-refractivity contribution in [2.45, 2.75) is 0 Å². The summed E-state index contributed by atoms with van der Waals surface area (Å²) in [6, 6.07) is 21.5. The Hall–Kier alpha value is -3.69. The Morgan fingerprint density at radius 3 is 2.43 bits per heavy atom. The van der Waals surface area contributed by atoms with Crippen LogP contribution in [0.25, 0.3) is 34.1 Å². The molecule has 5 aromatic rings. The molecule has 3 aromatic carbocycles. The fourth-order valence-corrected chi connectivity index (χ4v) is 4.37. The van der Waals surface area contributed by atoms with Gasteiger partial charge in [0.15, 0.2) is 5.11 Å². The number of nitrogens with one attached hydrogen (secondary N) is 2. The largest absolute Gasteiger partial charge is 0.457 e. The number of anilines is 1. The third kappa shape index (κ3) is 5.84. The van der Waals surface area contributed by atoms with Crippen LogP contribution in [0.3, 0.4) is 0 Å². The zero-order valence-corrected chi connectivity index (χ0v) is 21.9. The van der Waals surface area contributed by atoms with Crippen LogP contribution in [-0.4, -0.2) is 26.0 Å². The molecule has 0 atom stereocenters. The Balaban J connectivity index is 1.23. The number of halogens is 3. The molecule has 0 bridgehead atoms. The third-order valence-corrected chi connectivity index (χ3v) is 6.23. The van der Waals surface area contributed by atoms with Crippen LogP contribution in [0.4, 0.5) is 5.69 Å². The lowest BCUT2D eigenvalue weighted by atomic mass is 10.2. The predicted molar refractivity (Wildman–Crippen MR) is 151 cm³/mol. The van der Waals surface area contributed by atoms with Gasteiger partial charge in [-0.1, -0.05) is 53.0 Å². The summed E-state index contributed by atoms with van der Waals surface area (Å²) in [5.74, 6) is 0.561. The van der Waals surface area contributed by atoms with Gasteiger partial charge in [-0.15, -0.1) is 10.2 Å². The maximum Gasteiger partial charge on any atom is 0.250 e. The highest BCUT2D eigenvalue weighted by Gasteiger charge is 2.12. The number of hydrogen-bond acceptors (Lipinski definition) is 5. The summed E-state index contributed by atoms with van der Waals surface area (Å²) in [6.45, 7) is 0. The lowest BCUT2D eigenvalue weighted by Gasteiger charge is -2.09. The van der Waals surface area contributed by atoms with Crippen LogP contribution in [0.5, 0.6) is 0 Å². The zero-order chi connectivity index (χ0) is 25.9. The van der Waals surface area contributed by atoms with E-state index in [0.29, 0.717) is 48.9 Å². The number of nitrogens with zero attached hydrogens (tertiary/aromatic N) is 3. The fraction of sp³-hybridized carbons (Fsp3) is 0. The van der Waals surface area contributed by atoms with Crippen molar-refractivity contribution in [1.29, 1.82) is 0 Å². The molecule has 0 unspecified atom stereocenters. The van der Waals surface area contributed by atoms with E-state index in [0.717, 1.165) is 5.69 Å². The molecule has 0 aliphatic carbocycles. The number of para-hydroxylation sites is 1. The van der Waals surface area contributed by atoms with E-state index in [1.165, 1.54) is 16.9 Å². The Bertz CT molecular complexity index is 1660. The van der Waals surface area contributed by atoms with E-state index >= 15 is 0 Å². The molecule has 11 heteroatoms. The van der Waals surface area contributed by atoms with Crippen molar-refractivity contribution < 1.29 is 9.21 Å². The topological polar surface area (TPSA) is 85.0 Å². The molecular weight excluding hydrogens is 553 g/mol. The van der Waals surface area contributed by atoms with E-state index in [2.05, 4.69) is 20.8 Å². The van der Waals surface area contributed by atoms with Crippen LogP contribution in [0.1, 0.15) is 5.76 Å². The lowest BCUT2D eigenvalue weighted by molar-refractivity contribution is -0.115. The number of hydrogen-bond donors (Lipinski definition) is 2. The Kier molecular flexibility index (Phi) is 7.25. The van der Waals surface area contributed by atoms with E-state index in [9.17, 15) is 4.79 Å². The van der Waals surface area contributed by atoms with Crippen LogP contribution < -0.4 is 10.6 Å². The average Bonchev–Trinajstić information content (AvgIpc) is 3.50. The van der Waals surface area contributed by atoms with Gasteiger partial charge in [-0.25, -0.2) is 0 Å². The minimum atomic E-state index is -0.452. The van der Waals surface area contributed by atoms with E-state index in [1.54, 1.807) is 42.5 Å². The standard InChI is InChI=1S/C26H16Cl3N5O2S/c27-15-6-9-18(19(28)12-15)24-10-7-17(36-24)8-11-25(35)31-26(37)30-21-14-23-22(13-20(21)29)32-34(33-23)16-4-2-1-3-5-16/h1-14H,(H2,30,31,35,37)/b11-8+. The molecule has 0 aliphatic heterocycles. The fourth-order valence-electron chi connectivity index (χ4n) is 3.45. The van der Waals surface area contributed by atoms with E-state index in [1.807, 2.05) is 30.3 Å². The number of benzene rings is 3. The number of amides is 1. The molecule has 2 N–H and O–H groups in total. The van der Waals surface area contributed by atoms with Crippen molar-refractivity contribution in [2.24, 2.45) is 0 Å². The first-order valence-electron chi connectivity index (χ1n) is 10.8. The van der Waals surface area contributed by atoms with E-state index < -0.39 is 5.91 Å². The van der Waals surface area contributed by atoms with Crippen LogP contribution >= 0.6 is 47.0 Å². The molecule has 5 rings (SSSR count). The molecule has 0 fully saturated rings. The highest BCUT2D eigenvalue weighted by atomic mass is 35.5. The number of fused-ring (bicyclic) bond motifs is 1. The van der Waals surface area contributed by atoms with Gasteiger partial charge in [0, 0.05) is 16.7 Å². The number of aromatic nitrogens is 3. The number of thiocarbonyl (C=S) groups is 1. The smallest absolute Gasteiger partial charge is 0.250 e. The van der Waals surface area contributed by atoms with Crippen LogP contribution in [-0.2, 0) is 4.79 Å². The van der Waals surface area contributed by atoms with E-state index in [4.69, 9.17) is 51.4 Å². The second-order valence-electron chi connectivity index (χ2n) is 7.75. The summed E-state index contributed by atoms with van der Waals surface area (Å²) < 4.78 is 5.76. The summed E-state index contributed by atoms with van der Waals surface area (Å²) in [5.41, 5.74) is 3.23. The van der Waals surface area contributed by atoms with Gasteiger partial charge in [0.25, 0.3) is 0 Å². The normalized spacial score (nSPS) is 11.2. The number of carbonyl (C=O) groups is 1. The highest BCUT2D eigenvalue weighted by molar-refractivity contribution is 7.80. The van der Waals surface area contributed by atoms with Crippen molar-refractivity contribution in [2.75, 3.05) is 5.32 Å². The van der Waals surface area contributed by atoms with Crippen LogP contribution in [0, 0.1) is 0 Å². The molecule has 2 aromatic heterocycles. The summed E-state index contributed by atoms with van der Waals surface area (Å²) in [5, 5.41) is 15.9. The van der Waals surface area contributed by atoms with Gasteiger partial charge in [0.05, 0.1) is 21.4 Å². The summed E-state index contributed by atoms with van der Waals surface area (Å²) >= 11 is 23.8. The molecule has 0 aliphatic rings. The average molecular weight is 569 g/mol. The number of furan rings is 1. The first-order valence-corrected chi connectivity index (χ1v) is 12.4. The summed E-state index contributed by atoms with van der Waals surface area (Å²) in [7, 11) is 0. The molecule has 0 spiro atoms. The SMILES string of the molecule is O=C(/C=C/c1ccc(-c2ccc(Cl)cc2Cl)o1)NC(=S)Nc1cc2nn(-c3ccccc3)nc2cc1Cl. The first kappa shape index (κ1) is 25.0. The first-order chi connectivity index (χ1) is 17.9. The molecular formula is C26H16Cl3N5O2S. The predicted octanol–water partition coefficient (Wildman–Crippen LogP) is 7.17. The van der Waals surface area contributed by atoms with Crippen LogP contribution in [0.2, 0.25) is 15.1 Å². The quantitative estimate of drug-likeness (QED) is 0.173. The summed E-state index contributed by atoms with van der Waals surface area (Å²) in [4.78, 5) is 13.9. The Labute approximate surface area is 231 Å². The maximum atomic E-state index is 12.4. The molecule has 37 heavy (non-hydrogen) atoms. The van der Waals surface area contributed by atoms with Gasteiger partial charge >= 0.3 is 0 Å². The van der Waals surface area contributed by atoms with Crippen molar-refractivity contribution in [3.8, 4) is 17.0 Å². The third-order valence-electron chi connectivity index (χ3n) is 5.16. The number of carbonyl (C=O) groups excluding carboxylic acids is 1. The van der Waals surface area contributed by atoms with Crippen molar-refractivity contribution in [1.82, 2.24) is 20.3 Å². The highest BCUT2D eigenvalue weighted by Crippen LogP contribution is 2.32. The van der Waals surface area contributed by atoms with Gasteiger partial charge < -0.3 is 9.73 Å². The molecule has 1 amide bonds. The van der Waals surface area contributed by atoms with Gasteiger partial charge in [-0.3, -0.25) is 10.1 Å². The van der Waals surface area contributed by atoms with Gasteiger partial charge in [-0.2, -0.15) is 4.80 Å². The molecule has 0 saturated heterocycles. The molecule has 0 saturated carbocycles. The van der Waals surface area contributed by atoms with Crippen LogP contribution in [0.15, 0.2) is 83.3 Å². The number of rotatable bonds is 5. The maximum absolute atomic E-state index is 12.4. The van der Waals surface area contributed by atoms with Gasteiger partial charge in [-0.05, 0) is 72.9 Å². The minimum Gasteiger partial charge on any atom is -0.457 e. The van der Waals surface area contributed by atoms with Crippen molar-refractivity contribution >= 4 is 80.8 Å². The Morgan fingerprint density at radius 2 is 1.68 bits per heavy atom. The van der Waals surface area contributed by atoms with E-state index in [-0.39, 0.29) is 5.11 Å². The van der Waals surface area contributed by atoms with Gasteiger partial charge in [0.1, 0.15) is 22.6 Å². The second kappa shape index (κ2) is 10.7. The lowest BCUT2D eigenvalue weighted by Crippen LogP contribution is -2.32. The Morgan fingerprint density at radius 1 is 0.919 bits per heavy atom. The molecule has 184 valence electrons. The molecule has 7 nitrogen and oxygen atoms in total. The molecule has 2 heterocycles. The molecule has 0 radical (unpaired) electrons. The van der Waals surface area contributed by atoms with Gasteiger partial charge in [0.2, 0.25) is 5.91 Å². The summed E-state index contributed by atoms with van der Waals surface area (Å²) in [6.07, 6.45) is 2.82. The second-order valence-corrected chi connectivity index (χ2v) is 9.41. The van der Waals surface area contributed by atoms with Crippen molar-refractivity contribution in [3.05, 3.63) is 99.7 Å². The monoisotopic (exact) mass is 567 g/mol.